The number of hydrogen-bond donors (Lipinski definition) is 2. The number of nitrogens with zero attached hydrogens (tertiary/aromatic N) is 1. The molecule has 0 atom stereocenters. The van der Waals surface area contributed by atoms with Crippen molar-refractivity contribution >= 4 is 33.0 Å². The lowest BCUT2D eigenvalue weighted by atomic mass is 10.2. The lowest BCUT2D eigenvalue weighted by molar-refractivity contribution is 0.415. The molecule has 2 rings (SSSR count). The molecule has 1 fully saturated rings. The van der Waals surface area contributed by atoms with E-state index in [1.807, 2.05) is 0 Å². The van der Waals surface area contributed by atoms with Gasteiger partial charge in [0, 0.05) is 19.6 Å². The highest BCUT2D eigenvalue weighted by Crippen LogP contribution is 2.29. The van der Waals surface area contributed by atoms with Crippen LogP contribution in [0.3, 0.4) is 0 Å². The zero-order valence-electron chi connectivity index (χ0n) is 14.5. The van der Waals surface area contributed by atoms with Crippen LogP contribution in [0.15, 0.2) is 35.7 Å². The summed E-state index contributed by atoms with van der Waals surface area (Å²) in [6.07, 6.45) is 5.63. The molecule has 1 heterocycles. The van der Waals surface area contributed by atoms with Crippen LogP contribution >= 0.6 is 12.2 Å². The lowest BCUT2D eigenvalue weighted by Crippen LogP contribution is -2.32. The van der Waals surface area contributed by atoms with Gasteiger partial charge in [0.2, 0.25) is 10.0 Å². The second-order valence-electron chi connectivity index (χ2n) is 5.80. The van der Waals surface area contributed by atoms with Gasteiger partial charge in [0.05, 0.1) is 17.7 Å². The third kappa shape index (κ3) is 5.17. The van der Waals surface area contributed by atoms with Crippen molar-refractivity contribution in [1.82, 2.24) is 9.62 Å². The van der Waals surface area contributed by atoms with Crippen molar-refractivity contribution in [3.63, 3.8) is 0 Å². The number of thiocarbonyl (C=S) groups is 1. The Balaban J connectivity index is 2.27. The molecule has 0 aromatic heterocycles. The maximum Gasteiger partial charge on any atom is 0.243 e. The Labute approximate surface area is 155 Å². The van der Waals surface area contributed by atoms with Gasteiger partial charge in [-0.3, -0.25) is 0 Å². The zero-order valence-corrected chi connectivity index (χ0v) is 16.1. The van der Waals surface area contributed by atoms with Gasteiger partial charge in [-0.2, -0.15) is 4.31 Å². The lowest BCUT2D eigenvalue weighted by Gasteiger charge is -2.21. The predicted octanol–water partition coefficient (Wildman–Crippen LogP) is 2.73. The first-order valence-electron chi connectivity index (χ1n) is 8.33. The second-order valence-corrected chi connectivity index (χ2v) is 8.15. The average Bonchev–Trinajstić information content (AvgIpc) is 2.89. The van der Waals surface area contributed by atoms with E-state index in [4.69, 9.17) is 17.0 Å². The monoisotopic (exact) mass is 383 g/mol. The molecule has 6 nitrogen and oxygen atoms in total. The first kappa shape index (κ1) is 19.7. The number of nitrogens with one attached hydrogen (secondary N) is 2. The molecule has 8 heteroatoms. The van der Waals surface area contributed by atoms with Gasteiger partial charge in [-0.05, 0) is 43.3 Å². The fourth-order valence-corrected chi connectivity index (χ4v) is 4.44. The van der Waals surface area contributed by atoms with E-state index in [-0.39, 0.29) is 4.90 Å². The van der Waals surface area contributed by atoms with Gasteiger partial charge < -0.3 is 15.4 Å². The molecule has 138 valence electrons. The molecule has 1 aliphatic heterocycles. The molecule has 0 saturated carbocycles. The summed E-state index contributed by atoms with van der Waals surface area (Å²) in [5.41, 5.74) is 0.514. The van der Waals surface area contributed by atoms with Crippen LogP contribution in [0, 0.1) is 0 Å². The molecule has 0 unspecified atom stereocenters. The third-order valence-corrected chi connectivity index (χ3v) is 6.17. The molecule has 0 amide bonds. The number of sulfonamides is 1. The third-order valence-electron chi connectivity index (χ3n) is 4.03. The summed E-state index contributed by atoms with van der Waals surface area (Å²) in [7, 11) is -2.00. The summed E-state index contributed by atoms with van der Waals surface area (Å²) in [5, 5.41) is 6.31. The molecule has 0 aliphatic carbocycles. The van der Waals surface area contributed by atoms with E-state index < -0.39 is 10.0 Å². The van der Waals surface area contributed by atoms with Gasteiger partial charge in [-0.25, -0.2) is 8.42 Å². The molecule has 0 radical (unpaired) electrons. The summed E-state index contributed by atoms with van der Waals surface area (Å²) in [4.78, 5) is 0.240. The number of benzene rings is 1. The maximum absolute atomic E-state index is 12.9. The van der Waals surface area contributed by atoms with Crippen LogP contribution in [0.1, 0.15) is 25.7 Å². The predicted molar refractivity (Wildman–Crippen MR) is 105 cm³/mol. The van der Waals surface area contributed by atoms with Gasteiger partial charge in [0.15, 0.2) is 5.11 Å². The van der Waals surface area contributed by atoms with Crippen molar-refractivity contribution in [2.24, 2.45) is 0 Å². The van der Waals surface area contributed by atoms with Gasteiger partial charge in [-0.1, -0.05) is 18.9 Å². The van der Waals surface area contributed by atoms with Crippen molar-refractivity contribution in [2.45, 2.75) is 30.6 Å². The van der Waals surface area contributed by atoms with Crippen molar-refractivity contribution in [3.05, 3.63) is 30.9 Å². The van der Waals surface area contributed by atoms with Crippen LogP contribution in [0.25, 0.3) is 0 Å². The van der Waals surface area contributed by atoms with E-state index >= 15 is 0 Å². The Hall–Kier alpha value is -1.64. The molecule has 2 N–H and O–H groups in total. The van der Waals surface area contributed by atoms with Crippen LogP contribution in [0.5, 0.6) is 5.75 Å². The van der Waals surface area contributed by atoms with E-state index in [9.17, 15) is 8.42 Å². The van der Waals surface area contributed by atoms with Crippen molar-refractivity contribution in [1.29, 1.82) is 0 Å². The first-order chi connectivity index (χ1) is 12.0. The topological polar surface area (TPSA) is 70.7 Å². The standard InChI is InChI=1S/C17H25N3O3S2/c1-3-10-18-17(24)19-15-13-14(8-9-16(15)23-2)25(21,22)20-11-6-4-5-7-12-20/h3,8-9,13H,1,4-7,10-12H2,2H3,(H2,18,19,24). The Bertz CT molecular complexity index is 712. The summed E-state index contributed by atoms with van der Waals surface area (Å²) >= 11 is 5.20. The van der Waals surface area contributed by atoms with E-state index in [1.165, 1.54) is 7.11 Å². The van der Waals surface area contributed by atoms with Crippen LogP contribution in [0.4, 0.5) is 5.69 Å². The Kier molecular flexibility index (Phi) is 7.22. The number of ether oxygens (including phenoxy) is 1. The second kappa shape index (κ2) is 9.17. The van der Waals surface area contributed by atoms with Gasteiger partial charge in [0.25, 0.3) is 0 Å². The van der Waals surface area contributed by atoms with E-state index in [0.29, 0.717) is 36.2 Å². The summed E-state index contributed by atoms with van der Waals surface area (Å²) in [6, 6.07) is 4.79. The van der Waals surface area contributed by atoms with Crippen molar-refractivity contribution < 1.29 is 13.2 Å². The summed E-state index contributed by atoms with van der Waals surface area (Å²) in [6.45, 7) is 5.27. The Morgan fingerprint density at radius 1 is 1.32 bits per heavy atom. The smallest absolute Gasteiger partial charge is 0.243 e. The largest absolute Gasteiger partial charge is 0.495 e. The SMILES string of the molecule is C=CCNC(=S)Nc1cc(S(=O)(=O)N2CCCCCC2)ccc1OC. The van der Waals surface area contributed by atoms with E-state index in [2.05, 4.69) is 17.2 Å². The molecule has 0 spiro atoms. The average molecular weight is 384 g/mol. The Morgan fingerprint density at radius 3 is 2.60 bits per heavy atom. The van der Waals surface area contributed by atoms with Crippen LogP contribution in [0.2, 0.25) is 0 Å². The van der Waals surface area contributed by atoms with E-state index in [0.717, 1.165) is 25.7 Å². The number of methoxy groups -OCH3 is 1. The number of anilines is 1. The first-order valence-corrected chi connectivity index (χ1v) is 10.2. The molecule has 1 aromatic rings. The van der Waals surface area contributed by atoms with Gasteiger partial charge in [0.1, 0.15) is 5.75 Å². The fraction of sp³-hybridized carbons (Fsp3) is 0.471. The highest BCUT2D eigenvalue weighted by Gasteiger charge is 2.26. The molecule has 1 aromatic carbocycles. The highest BCUT2D eigenvalue weighted by molar-refractivity contribution is 7.89. The fourth-order valence-electron chi connectivity index (χ4n) is 2.71. The molecule has 1 saturated heterocycles. The van der Waals surface area contributed by atoms with Crippen LogP contribution in [-0.2, 0) is 10.0 Å². The minimum absolute atomic E-state index is 0.240. The molecule has 25 heavy (non-hydrogen) atoms. The minimum atomic E-state index is -3.53. The maximum atomic E-state index is 12.9. The molecule has 1 aliphatic rings. The number of rotatable bonds is 6. The molecule has 0 bridgehead atoms. The van der Waals surface area contributed by atoms with Crippen LogP contribution in [-0.4, -0.2) is 44.6 Å². The van der Waals surface area contributed by atoms with Crippen molar-refractivity contribution in [3.8, 4) is 5.75 Å². The Morgan fingerprint density at radius 2 is 2.00 bits per heavy atom. The minimum Gasteiger partial charge on any atom is -0.495 e. The van der Waals surface area contributed by atoms with Gasteiger partial charge >= 0.3 is 0 Å². The van der Waals surface area contributed by atoms with E-state index in [1.54, 1.807) is 28.6 Å². The zero-order chi connectivity index (χ0) is 18.3. The molecular formula is C17H25N3O3S2. The summed E-state index contributed by atoms with van der Waals surface area (Å²) in [5.74, 6) is 0.526. The number of hydrogen-bond acceptors (Lipinski definition) is 4. The summed E-state index contributed by atoms with van der Waals surface area (Å²) < 4.78 is 32.8. The highest BCUT2D eigenvalue weighted by atomic mass is 32.2. The van der Waals surface area contributed by atoms with Gasteiger partial charge in [-0.15, -0.1) is 6.58 Å². The van der Waals surface area contributed by atoms with Crippen molar-refractivity contribution in [2.75, 3.05) is 32.1 Å². The normalized spacial score (nSPS) is 15.9. The molecular weight excluding hydrogens is 358 g/mol. The quantitative estimate of drug-likeness (QED) is 0.581. The van der Waals surface area contributed by atoms with Crippen LogP contribution < -0.4 is 15.4 Å².